The molecule has 0 bridgehead atoms. The lowest BCUT2D eigenvalue weighted by Gasteiger charge is -2.41. The highest BCUT2D eigenvalue weighted by Crippen LogP contribution is 2.47. The molecule has 0 saturated carbocycles. The SMILES string of the molecule is CCCC[N+]1(CCC)CCCCC1.O=S(=O)([N-]S(=O)(=O)C(F)(F)C(F)(F)F)C(F)(F)C(F)(F)F. The lowest BCUT2D eigenvalue weighted by atomic mass is 10.1. The van der Waals surface area contributed by atoms with Crippen molar-refractivity contribution >= 4 is 20.0 Å². The Balaban J connectivity index is 0.000000712. The number of hydrogen-bond donors (Lipinski definition) is 0. The van der Waals surface area contributed by atoms with Crippen molar-refractivity contribution < 1.29 is 65.2 Å². The van der Waals surface area contributed by atoms with Gasteiger partial charge >= 0.3 is 22.9 Å². The van der Waals surface area contributed by atoms with Crippen LogP contribution in [-0.2, 0) is 20.0 Å². The number of alkyl halides is 10. The van der Waals surface area contributed by atoms with Crippen molar-refractivity contribution in [1.29, 1.82) is 0 Å². The molecule has 206 valence electrons. The maximum absolute atomic E-state index is 12.3. The third kappa shape index (κ3) is 7.81. The normalized spacial score (nSPS) is 18.2. The van der Waals surface area contributed by atoms with E-state index in [4.69, 9.17) is 0 Å². The molecular formula is C16H26F10N2O4S2. The van der Waals surface area contributed by atoms with Crippen LogP contribution >= 0.6 is 0 Å². The Bertz CT molecular complexity index is 790. The molecule has 0 aliphatic carbocycles. The third-order valence-electron chi connectivity index (χ3n) is 4.95. The van der Waals surface area contributed by atoms with Gasteiger partial charge in [0.1, 0.15) is 0 Å². The molecule has 34 heavy (non-hydrogen) atoms. The first kappa shape index (κ1) is 33.1. The standard InChI is InChI=1S/C12H26N.C4F10NO4S2/c1-3-5-10-13(9-4-2)11-7-6-8-12-13;5-1(6,7)3(11,12)20(16,17)15-21(18,19)4(13,14)2(8,9)10/h3-12H2,1-2H3;/q+1;-1. The Hall–Kier alpha value is -0.880. The highest BCUT2D eigenvalue weighted by Gasteiger charge is 2.68. The van der Waals surface area contributed by atoms with Crippen LogP contribution in [0, 0.1) is 0 Å². The molecule has 0 atom stereocenters. The summed E-state index contributed by atoms with van der Waals surface area (Å²) in [4.78, 5) is 0. The van der Waals surface area contributed by atoms with Gasteiger partial charge in [-0.05, 0) is 32.1 Å². The fourth-order valence-electron chi connectivity index (χ4n) is 3.23. The zero-order valence-corrected chi connectivity index (χ0v) is 19.8. The molecule has 0 aromatic rings. The minimum atomic E-state index is -7.62. The predicted octanol–water partition coefficient (Wildman–Crippen LogP) is 5.53. The highest BCUT2D eigenvalue weighted by atomic mass is 32.3. The van der Waals surface area contributed by atoms with Gasteiger partial charge in [-0.3, -0.25) is 0 Å². The molecule has 0 radical (unpaired) electrons. The molecule has 0 aromatic heterocycles. The first-order chi connectivity index (χ1) is 15.0. The van der Waals surface area contributed by atoms with Crippen molar-refractivity contribution in [3.63, 3.8) is 0 Å². The topological polar surface area (TPSA) is 82.4 Å². The second-order valence-corrected chi connectivity index (χ2v) is 11.2. The van der Waals surface area contributed by atoms with E-state index in [9.17, 15) is 60.7 Å². The van der Waals surface area contributed by atoms with E-state index >= 15 is 0 Å². The molecule has 1 heterocycles. The van der Waals surface area contributed by atoms with E-state index in [0.717, 1.165) is 0 Å². The van der Waals surface area contributed by atoms with E-state index in [-0.39, 0.29) is 0 Å². The summed E-state index contributed by atoms with van der Waals surface area (Å²) < 4.78 is 163. The van der Waals surface area contributed by atoms with Gasteiger partial charge in [-0.25, -0.2) is 16.8 Å². The molecule has 1 saturated heterocycles. The van der Waals surface area contributed by atoms with E-state index in [1.807, 2.05) is 0 Å². The zero-order chi connectivity index (χ0) is 27.3. The number of unbranched alkanes of at least 4 members (excludes halogenated alkanes) is 1. The van der Waals surface area contributed by atoms with E-state index < -0.39 is 42.9 Å². The number of likely N-dealkylation sites (tertiary alicyclic amines) is 1. The largest absolute Gasteiger partial charge is 0.467 e. The number of rotatable bonds is 9. The van der Waals surface area contributed by atoms with Crippen LogP contribution in [0.15, 0.2) is 0 Å². The van der Waals surface area contributed by atoms with E-state index in [0.29, 0.717) is 4.13 Å². The molecular weight excluding hydrogens is 538 g/mol. The maximum Gasteiger partial charge on any atom is 0.467 e. The smallest absolute Gasteiger partial charge is 0.425 e. The van der Waals surface area contributed by atoms with Crippen LogP contribution in [0.5, 0.6) is 0 Å². The minimum absolute atomic E-state index is 0.422. The Kier molecular flexibility index (Phi) is 11.2. The highest BCUT2D eigenvalue weighted by molar-refractivity contribution is 8.13. The summed E-state index contributed by atoms with van der Waals surface area (Å²) in [5.74, 6) is 0. The van der Waals surface area contributed by atoms with Gasteiger partial charge in [0.2, 0.25) is 0 Å². The molecule has 6 nitrogen and oxygen atoms in total. The first-order valence-corrected chi connectivity index (χ1v) is 12.9. The van der Waals surface area contributed by atoms with Crippen molar-refractivity contribution in [2.75, 3.05) is 26.2 Å². The molecule has 0 amide bonds. The van der Waals surface area contributed by atoms with Gasteiger partial charge in [-0.2, -0.15) is 43.9 Å². The first-order valence-electron chi connectivity index (χ1n) is 10.0. The average Bonchev–Trinajstić information content (AvgIpc) is 2.65. The molecule has 0 aromatic carbocycles. The number of quaternary nitrogens is 1. The number of halogens is 10. The molecule has 0 N–H and O–H groups in total. The maximum atomic E-state index is 12.3. The van der Waals surface area contributed by atoms with Crippen molar-refractivity contribution in [1.82, 2.24) is 0 Å². The monoisotopic (exact) mass is 564 g/mol. The minimum Gasteiger partial charge on any atom is -0.425 e. The van der Waals surface area contributed by atoms with E-state index in [1.165, 1.54) is 69.2 Å². The van der Waals surface area contributed by atoms with Crippen LogP contribution in [-0.4, -0.2) is 70.4 Å². The van der Waals surface area contributed by atoms with E-state index in [1.54, 1.807) is 0 Å². The van der Waals surface area contributed by atoms with Gasteiger partial charge in [0, 0.05) is 0 Å². The van der Waals surface area contributed by atoms with Gasteiger partial charge in [-0.15, -0.1) is 0 Å². The van der Waals surface area contributed by atoms with Crippen molar-refractivity contribution in [2.45, 2.75) is 75.2 Å². The molecule has 1 rings (SSSR count). The van der Waals surface area contributed by atoms with Gasteiger partial charge in [-0.1, -0.05) is 20.3 Å². The summed E-state index contributed by atoms with van der Waals surface area (Å²) in [6.45, 7) is 10.5. The summed E-state index contributed by atoms with van der Waals surface area (Å²) in [6, 6.07) is 0. The Morgan fingerprint density at radius 3 is 1.32 bits per heavy atom. The Morgan fingerprint density at radius 2 is 1.03 bits per heavy atom. The summed E-state index contributed by atoms with van der Waals surface area (Å²) in [5.41, 5.74) is 0. The zero-order valence-electron chi connectivity index (χ0n) is 18.2. The van der Waals surface area contributed by atoms with E-state index in [2.05, 4.69) is 13.8 Å². The summed E-state index contributed by atoms with van der Waals surface area (Å²) in [7, 11) is -15.2. The molecule has 1 fully saturated rings. The molecule has 0 unspecified atom stereocenters. The van der Waals surface area contributed by atoms with Gasteiger partial charge in [0.15, 0.2) is 20.0 Å². The van der Waals surface area contributed by atoms with Crippen LogP contribution in [0.3, 0.4) is 0 Å². The number of sulfonamides is 2. The Morgan fingerprint density at radius 1 is 0.647 bits per heavy atom. The summed E-state index contributed by atoms with van der Waals surface area (Å²) in [5, 5.41) is -14.0. The number of nitrogens with zero attached hydrogens (tertiary/aromatic N) is 2. The van der Waals surface area contributed by atoms with Crippen LogP contribution in [0.25, 0.3) is 4.13 Å². The average molecular weight is 565 g/mol. The van der Waals surface area contributed by atoms with Crippen molar-refractivity contribution in [2.24, 2.45) is 0 Å². The third-order valence-corrected chi connectivity index (χ3v) is 8.28. The van der Waals surface area contributed by atoms with Crippen LogP contribution in [0.1, 0.15) is 52.4 Å². The second-order valence-electron chi connectivity index (χ2n) is 7.70. The lowest BCUT2D eigenvalue weighted by Crippen LogP contribution is -2.52. The van der Waals surface area contributed by atoms with Crippen LogP contribution in [0.4, 0.5) is 43.9 Å². The van der Waals surface area contributed by atoms with Crippen LogP contribution in [0.2, 0.25) is 0 Å². The molecule has 0 spiro atoms. The van der Waals surface area contributed by atoms with Gasteiger partial charge in [0.05, 0.1) is 26.2 Å². The van der Waals surface area contributed by atoms with Crippen molar-refractivity contribution in [3.05, 3.63) is 4.13 Å². The second kappa shape index (κ2) is 11.5. The lowest BCUT2D eigenvalue weighted by molar-refractivity contribution is -0.932. The number of hydrogen-bond acceptors (Lipinski definition) is 4. The fourth-order valence-corrected chi connectivity index (χ4v) is 5.59. The summed E-state index contributed by atoms with van der Waals surface area (Å²) in [6.07, 6.45) is -5.41. The summed E-state index contributed by atoms with van der Waals surface area (Å²) >= 11 is 0. The van der Waals surface area contributed by atoms with Crippen LogP contribution < -0.4 is 0 Å². The van der Waals surface area contributed by atoms with Gasteiger partial charge < -0.3 is 8.61 Å². The van der Waals surface area contributed by atoms with Crippen molar-refractivity contribution in [3.8, 4) is 0 Å². The molecule has 1 aliphatic rings. The predicted molar refractivity (Wildman–Crippen MR) is 102 cm³/mol. The number of piperidine rings is 1. The quantitative estimate of drug-likeness (QED) is 0.273. The fraction of sp³-hybridized carbons (Fsp3) is 1.00. The Labute approximate surface area is 191 Å². The molecule has 1 aliphatic heterocycles. The van der Waals surface area contributed by atoms with Gasteiger partial charge in [0.25, 0.3) is 0 Å². The molecule has 18 heteroatoms.